The Balaban J connectivity index is 4.41. The number of hydrogen-bond acceptors (Lipinski definition) is 6. The van der Waals surface area contributed by atoms with Crippen molar-refractivity contribution in [3.05, 3.63) is 0 Å². The van der Waals surface area contributed by atoms with Gasteiger partial charge in [-0.25, -0.2) is 4.79 Å². The Bertz CT molecular complexity index is 409. The third-order valence-electron chi connectivity index (χ3n) is 2.18. The van der Waals surface area contributed by atoms with Crippen LogP contribution in [0.4, 0.5) is 4.79 Å². The predicted octanol–water partition coefficient (Wildman–Crippen LogP) is 1.60. The molecule has 1 atom stereocenters. The van der Waals surface area contributed by atoms with E-state index in [-0.39, 0.29) is 19.7 Å². The molecule has 0 spiro atoms. The topological polar surface area (TPSA) is 80.6 Å². The van der Waals surface area contributed by atoms with Crippen molar-refractivity contribution in [3.8, 4) is 12.3 Å². The van der Waals surface area contributed by atoms with Crippen molar-refractivity contribution >= 4 is 12.0 Å². The number of carbonyl (C=O) groups excluding carboxylic acids is 1. The van der Waals surface area contributed by atoms with Gasteiger partial charge in [-0.3, -0.25) is 4.90 Å². The average molecular weight is 314 g/mol. The van der Waals surface area contributed by atoms with Crippen molar-refractivity contribution in [2.45, 2.75) is 46.3 Å². The van der Waals surface area contributed by atoms with E-state index >= 15 is 0 Å². The van der Waals surface area contributed by atoms with Crippen molar-refractivity contribution in [3.63, 3.8) is 0 Å². The molecule has 0 aliphatic rings. The number of amides is 1. The van der Waals surface area contributed by atoms with Gasteiger partial charge in [-0.05, 0) is 27.7 Å². The lowest BCUT2D eigenvalue weighted by Crippen LogP contribution is -2.42. The third kappa shape index (κ3) is 9.88. The molecular weight excluding hydrogens is 288 g/mol. The van der Waals surface area contributed by atoms with Gasteiger partial charge in [-0.2, -0.15) is 0 Å². The number of oxime groups is 1. The van der Waals surface area contributed by atoms with Crippen LogP contribution in [-0.2, 0) is 14.3 Å². The van der Waals surface area contributed by atoms with Gasteiger partial charge in [0.2, 0.25) is 5.90 Å². The zero-order valence-electron chi connectivity index (χ0n) is 14.0. The lowest BCUT2D eigenvalue weighted by molar-refractivity contribution is -0.00230. The summed E-state index contributed by atoms with van der Waals surface area (Å²) in [4.78, 5) is 18.1. The van der Waals surface area contributed by atoms with Crippen LogP contribution in [0.5, 0.6) is 0 Å². The predicted molar refractivity (Wildman–Crippen MR) is 83.3 cm³/mol. The summed E-state index contributed by atoms with van der Waals surface area (Å²) in [6.07, 6.45) is 3.70. The highest BCUT2D eigenvalue weighted by atomic mass is 16.7. The van der Waals surface area contributed by atoms with Crippen molar-refractivity contribution in [1.82, 2.24) is 4.90 Å². The lowest BCUT2D eigenvalue weighted by atomic mass is 10.2. The van der Waals surface area contributed by atoms with E-state index in [9.17, 15) is 9.90 Å². The van der Waals surface area contributed by atoms with Gasteiger partial charge in [0.15, 0.2) is 0 Å². The molecule has 7 nitrogen and oxygen atoms in total. The molecule has 0 aliphatic heterocycles. The second kappa shape index (κ2) is 9.90. The lowest BCUT2D eigenvalue weighted by Gasteiger charge is -2.27. The minimum Gasteiger partial charge on any atom is -0.479 e. The van der Waals surface area contributed by atoms with Gasteiger partial charge in [0.1, 0.15) is 18.3 Å². The number of aliphatic hydroxyl groups excluding tert-OH is 1. The molecule has 0 rings (SSSR count). The molecule has 0 aromatic rings. The van der Waals surface area contributed by atoms with Crippen molar-refractivity contribution in [2.24, 2.45) is 5.16 Å². The van der Waals surface area contributed by atoms with E-state index < -0.39 is 17.8 Å². The summed E-state index contributed by atoms with van der Waals surface area (Å²) in [5.41, 5.74) is -0.635. The second-order valence-electron chi connectivity index (χ2n) is 5.56. The summed E-state index contributed by atoms with van der Waals surface area (Å²) in [5.74, 6) is 2.72. The van der Waals surface area contributed by atoms with Crippen LogP contribution in [0, 0.1) is 12.3 Å². The number of nitrogens with zero attached hydrogens (tertiary/aromatic N) is 2. The zero-order chi connectivity index (χ0) is 17.2. The summed E-state index contributed by atoms with van der Waals surface area (Å²) in [5, 5.41) is 13.6. The number of aliphatic hydroxyl groups is 1. The molecule has 0 aromatic carbocycles. The molecular formula is C15H26N2O5. The molecule has 7 heteroatoms. The Hall–Kier alpha value is -1.94. The van der Waals surface area contributed by atoms with Crippen LogP contribution in [0.2, 0.25) is 0 Å². The van der Waals surface area contributed by atoms with Gasteiger partial charge in [-0.1, -0.05) is 11.1 Å². The maximum atomic E-state index is 12.0. The minimum atomic E-state index is -0.945. The Labute approximate surface area is 132 Å². The summed E-state index contributed by atoms with van der Waals surface area (Å²) >= 11 is 0. The van der Waals surface area contributed by atoms with Gasteiger partial charge in [0, 0.05) is 6.92 Å². The Morgan fingerprint density at radius 3 is 2.59 bits per heavy atom. The molecule has 0 fully saturated rings. The van der Waals surface area contributed by atoms with Crippen LogP contribution in [0.3, 0.4) is 0 Å². The fourth-order valence-electron chi connectivity index (χ4n) is 1.40. The molecule has 1 unspecified atom stereocenters. The molecule has 0 saturated heterocycles. The molecule has 0 bridgehead atoms. The van der Waals surface area contributed by atoms with Crippen LogP contribution in [-0.4, -0.2) is 60.0 Å². The average Bonchev–Trinajstić information content (AvgIpc) is 2.36. The van der Waals surface area contributed by atoms with Gasteiger partial charge >= 0.3 is 6.09 Å². The third-order valence-corrected chi connectivity index (χ3v) is 2.18. The van der Waals surface area contributed by atoms with Crippen LogP contribution in [0.1, 0.15) is 34.6 Å². The van der Waals surface area contributed by atoms with E-state index in [0.717, 1.165) is 0 Å². The highest BCUT2D eigenvalue weighted by Crippen LogP contribution is 2.10. The van der Waals surface area contributed by atoms with Crippen molar-refractivity contribution in [2.75, 3.05) is 26.3 Å². The standard InChI is InChI=1S/C15H26N2O5/c1-7-9-17(14(19)22-15(4,5)6)10-13(18)11-21-16-12(3)20-8-2/h1,13,18H,8-11H2,2-6H3. The number of rotatable bonds is 7. The summed E-state index contributed by atoms with van der Waals surface area (Å²) in [6, 6.07) is 0. The Morgan fingerprint density at radius 2 is 2.09 bits per heavy atom. The molecule has 0 heterocycles. The first-order chi connectivity index (χ1) is 10.2. The molecule has 1 N–H and O–H groups in total. The monoisotopic (exact) mass is 314 g/mol. The van der Waals surface area contributed by atoms with E-state index in [4.69, 9.17) is 20.7 Å². The number of hydrogen-bond donors (Lipinski definition) is 1. The highest BCUT2D eigenvalue weighted by Gasteiger charge is 2.23. The van der Waals surface area contributed by atoms with Crippen LogP contribution in [0.25, 0.3) is 0 Å². The van der Waals surface area contributed by atoms with Crippen molar-refractivity contribution < 1.29 is 24.2 Å². The quantitative estimate of drug-likeness (QED) is 0.334. The number of ether oxygens (including phenoxy) is 2. The summed E-state index contributed by atoms with van der Waals surface area (Å²) in [6.45, 7) is 9.14. The SMILES string of the molecule is C#CCN(CC(O)CON=C(C)OCC)C(=O)OC(C)(C)C. The second-order valence-corrected chi connectivity index (χ2v) is 5.56. The molecule has 1 amide bonds. The zero-order valence-corrected chi connectivity index (χ0v) is 14.0. The van der Waals surface area contributed by atoms with E-state index in [2.05, 4.69) is 11.1 Å². The fraction of sp³-hybridized carbons (Fsp3) is 0.733. The van der Waals surface area contributed by atoms with E-state index in [0.29, 0.717) is 12.5 Å². The fourth-order valence-corrected chi connectivity index (χ4v) is 1.40. The van der Waals surface area contributed by atoms with Crippen LogP contribution < -0.4 is 0 Å². The van der Waals surface area contributed by atoms with Gasteiger partial charge in [0.05, 0.1) is 19.7 Å². The number of carbonyl (C=O) groups is 1. The van der Waals surface area contributed by atoms with Gasteiger partial charge in [0.25, 0.3) is 0 Å². The Kier molecular flexibility index (Phi) is 9.03. The van der Waals surface area contributed by atoms with Gasteiger partial charge in [-0.15, -0.1) is 6.42 Å². The van der Waals surface area contributed by atoms with E-state index in [1.807, 2.05) is 6.92 Å². The normalized spacial score (nSPS) is 13.0. The highest BCUT2D eigenvalue weighted by molar-refractivity contribution is 5.72. The molecule has 0 aromatic heterocycles. The van der Waals surface area contributed by atoms with E-state index in [1.54, 1.807) is 27.7 Å². The molecule has 126 valence electrons. The number of terminal acetylenes is 1. The molecule has 22 heavy (non-hydrogen) atoms. The van der Waals surface area contributed by atoms with Crippen LogP contribution in [0.15, 0.2) is 5.16 Å². The van der Waals surface area contributed by atoms with Gasteiger partial charge < -0.3 is 19.4 Å². The first kappa shape index (κ1) is 20.1. The van der Waals surface area contributed by atoms with Crippen molar-refractivity contribution in [1.29, 1.82) is 0 Å². The van der Waals surface area contributed by atoms with Crippen LogP contribution >= 0.6 is 0 Å². The van der Waals surface area contributed by atoms with E-state index in [1.165, 1.54) is 4.90 Å². The summed E-state index contributed by atoms with van der Waals surface area (Å²) < 4.78 is 10.3. The molecule has 0 aliphatic carbocycles. The molecule has 0 saturated carbocycles. The minimum absolute atomic E-state index is 0.0116. The largest absolute Gasteiger partial charge is 0.479 e. The maximum absolute atomic E-state index is 12.0. The summed E-state index contributed by atoms with van der Waals surface area (Å²) in [7, 11) is 0. The molecule has 0 radical (unpaired) electrons. The first-order valence-corrected chi connectivity index (χ1v) is 7.08. The smallest absolute Gasteiger partial charge is 0.411 e. The maximum Gasteiger partial charge on any atom is 0.411 e. The first-order valence-electron chi connectivity index (χ1n) is 7.08. The Morgan fingerprint density at radius 1 is 1.45 bits per heavy atom.